The Bertz CT molecular complexity index is 798. The number of rotatable bonds is 2. The number of hydrogen-bond donors (Lipinski definition) is 0. The zero-order valence-electron chi connectivity index (χ0n) is 10.6. The normalized spacial score (nSPS) is 10.9. The van der Waals surface area contributed by atoms with E-state index in [1.807, 2.05) is 31.2 Å². The molecule has 3 rings (SSSR count). The fourth-order valence-electron chi connectivity index (χ4n) is 2.15. The first-order chi connectivity index (χ1) is 9.54. The molecule has 0 saturated carbocycles. The predicted molar refractivity (Wildman–Crippen MR) is 86.2 cm³/mol. The van der Waals surface area contributed by atoms with Gasteiger partial charge in [0.25, 0.3) is 0 Å². The van der Waals surface area contributed by atoms with Crippen LogP contribution in [0.5, 0.6) is 0 Å². The molecule has 1 heterocycles. The highest BCUT2D eigenvalue weighted by Crippen LogP contribution is 2.26. The molecule has 0 spiro atoms. The molecule has 0 aliphatic rings. The monoisotopic (exact) mass is 392 g/mol. The lowest BCUT2D eigenvalue weighted by Gasteiger charge is -2.00. The molecule has 20 heavy (non-hydrogen) atoms. The second kappa shape index (κ2) is 5.19. The number of para-hydroxylation sites is 1. The van der Waals surface area contributed by atoms with Crippen molar-refractivity contribution in [3.63, 3.8) is 0 Å². The van der Waals surface area contributed by atoms with Gasteiger partial charge in [0.2, 0.25) is 5.78 Å². The Labute approximate surface area is 133 Å². The van der Waals surface area contributed by atoms with Crippen molar-refractivity contribution in [2.24, 2.45) is 0 Å². The number of ketones is 1. The average molecular weight is 394 g/mol. The molecule has 0 atom stereocenters. The maximum absolute atomic E-state index is 12.5. The lowest BCUT2D eigenvalue weighted by atomic mass is 10.1. The molecule has 0 fully saturated rings. The van der Waals surface area contributed by atoms with Crippen molar-refractivity contribution in [3.05, 3.63) is 68.3 Å². The summed E-state index contributed by atoms with van der Waals surface area (Å²) in [5.41, 5.74) is 2.38. The maximum atomic E-state index is 12.5. The Kier molecular flexibility index (Phi) is 3.52. The maximum Gasteiger partial charge on any atom is 0.228 e. The predicted octanol–water partition coefficient (Wildman–Crippen LogP) is 5.50. The zero-order chi connectivity index (χ0) is 14.3. The van der Waals surface area contributed by atoms with E-state index in [1.54, 1.807) is 18.2 Å². The van der Waals surface area contributed by atoms with Gasteiger partial charge in [-0.3, -0.25) is 4.79 Å². The van der Waals surface area contributed by atoms with Crippen molar-refractivity contribution in [2.45, 2.75) is 6.92 Å². The summed E-state index contributed by atoms with van der Waals surface area (Å²) < 4.78 is 7.41. The van der Waals surface area contributed by atoms with E-state index in [1.165, 1.54) is 0 Å². The first-order valence-electron chi connectivity index (χ1n) is 6.04. The number of carbonyl (C=O) groups is 1. The topological polar surface area (TPSA) is 30.2 Å². The van der Waals surface area contributed by atoms with Gasteiger partial charge in [0.15, 0.2) is 5.76 Å². The smallest absolute Gasteiger partial charge is 0.228 e. The Morgan fingerprint density at radius 1 is 1.05 bits per heavy atom. The van der Waals surface area contributed by atoms with Gasteiger partial charge in [0.1, 0.15) is 5.58 Å². The summed E-state index contributed by atoms with van der Waals surface area (Å²) in [7, 11) is 0. The third-order valence-corrected chi connectivity index (χ3v) is 4.01. The summed E-state index contributed by atoms with van der Waals surface area (Å²) >= 11 is 6.77. The number of fused-ring (bicyclic) bond motifs is 1. The van der Waals surface area contributed by atoms with E-state index in [-0.39, 0.29) is 5.78 Å². The highest BCUT2D eigenvalue weighted by atomic mass is 79.9. The first-order valence-corrected chi connectivity index (χ1v) is 7.63. The van der Waals surface area contributed by atoms with Crippen molar-refractivity contribution in [1.29, 1.82) is 0 Å². The fourth-order valence-corrected chi connectivity index (χ4v) is 3.44. The molecule has 100 valence electrons. The molecule has 0 saturated heterocycles. The van der Waals surface area contributed by atoms with Gasteiger partial charge >= 0.3 is 0 Å². The largest absolute Gasteiger partial charge is 0.452 e. The van der Waals surface area contributed by atoms with E-state index >= 15 is 0 Å². The third kappa shape index (κ3) is 2.45. The van der Waals surface area contributed by atoms with Crippen LogP contribution in [0, 0.1) is 6.92 Å². The molecule has 0 aliphatic heterocycles. The van der Waals surface area contributed by atoms with Crippen LogP contribution in [0.15, 0.2) is 55.8 Å². The highest BCUT2D eigenvalue weighted by Gasteiger charge is 2.16. The Balaban J connectivity index is 2.10. The number of aryl methyl sites for hydroxylation is 1. The summed E-state index contributed by atoms with van der Waals surface area (Å²) in [4.78, 5) is 12.5. The molecule has 0 radical (unpaired) electrons. The van der Waals surface area contributed by atoms with Gasteiger partial charge in [0, 0.05) is 19.9 Å². The highest BCUT2D eigenvalue weighted by molar-refractivity contribution is 9.11. The van der Waals surface area contributed by atoms with Crippen LogP contribution in [-0.2, 0) is 0 Å². The van der Waals surface area contributed by atoms with Gasteiger partial charge in [-0.25, -0.2) is 0 Å². The lowest BCUT2D eigenvalue weighted by molar-refractivity contribution is 0.101. The molecular weight excluding hydrogens is 384 g/mol. The summed E-state index contributed by atoms with van der Waals surface area (Å²) in [6.07, 6.45) is 0. The van der Waals surface area contributed by atoms with E-state index in [4.69, 9.17) is 4.42 Å². The van der Waals surface area contributed by atoms with Crippen molar-refractivity contribution >= 4 is 48.6 Å². The number of halogens is 2. The second-order valence-corrected chi connectivity index (χ2v) is 6.42. The van der Waals surface area contributed by atoms with E-state index in [2.05, 4.69) is 31.9 Å². The Morgan fingerprint density at radius 2 is 1.75 bits per heavy atom. The van der Waals surface area contributed by atoms with Gasteiger partial charge in [-0.1, -0.05) is 50.1 Å². The van der Waals surface area contributed by atoms with Gasteiger partial charge in [-0.15, -0.1) is 0 Å². The van der Waals surface area contributed by atoms with Crippen molar-refractivity contribution in [2.75, 3.05) is 0 Å². The van der Waals surface area contributed by atoms with Crippen molar-refractivity contribution in [1.82, 2.24) is 0 Å². The van der Waals surface area contributed by atoms with E-state index in [0.717, 1.165) is 25.5 Å². The molecule has 0 bridgehead atoms. The molecule has 0 N–H and O–H groups in total. The quantitative estimate of drug-likeness (QED) is 0.538. The fraction of sp³-hybridized carbons (Fsp3) is 0.0625. The third-order valence-electron chi connectivity index (χ3n) is 3.09. The Morgan fingerprint density at radius 3 is 2.40 bits per heavy atom. The molecule has 2 aromatic carbocycles. The molecular formula is C16H10Br2O2. The first kappa shape index (κ1) is 13.6. The van der Waals surface area contributed by atoms with Crippen LogP contribution >= 0.6 is 31.9 Å². The number of hydrogen-bond acceptors (Lipinski definition) is 2. The van der Waals surface area contributed by atoms with Crippen LogP contribution in [-0.4, -0.2) is 5.78 Å². The molecule has 3 aromatic rings. The van der Waals surface area contributed by atoms with Crippen LogP contribution < -0.4 is 0 Å². The van der Waals surface area contributed by atoms with Crippen LogP contribution in [0.25, 0.3) is 11.0 Å². The van der Waals surface area contributed by atoms with E-state index in [9.17, 15) is 4.79 Å². The van der Waals surface area contributed by atoms with Crippen LogP contribution in [0.1, 0.15) is 21.7 Å². The minimum atomic E-state index is -0.123. The minimum absolute atomic E-state index is 0.123. The summed E-state index contributed by atoms with van der Waals surface area (Å²) in [5.74, 6) is 0.238. The van der Waals surface area contributed by atoms with E-state index in [0.29, 0.717) is 11.3 Å². The molecule has 0 amide bonds. The molecule has 1 aromatic heterocycles. The minimum Gasteiger partial charge on any atom is -0.452 e. The zero-order valence-corrected chi connectivity index (χ0v) is 13.8. The number of benzene rings is 2. The average Bonchev–Trinajstić information content (AvgIpc) is 2.82. The summed E-state index contributed by atoms with van der Waals surface area (Å²) in [6, 6.07) is 13.1. The summed E-state index contributed by atoms with van der Waals surface area (Å²) in [5, 5.41) is 0.947. The lowest BCUT2D eigenvalue weighted by Crippen LogP contribution is -1.99. The Hall–Kier alpha value is -1.39. The summed E-state index contributed by atoms with van der Waals surface area (Å²) in [6.45, 7) is 1.97. The van der Waals surface area contributed by atoms with Gasteiger partial charge in [-0.05, 0) is 36.8 Å². The van der Waals surface area contributed by atoms with Gasteiger partial charge in [-0.2, -0.15) is 0 Å². The van der Waals surface area contributed by atoms with Crippen molar-refractivity contribution in [3.8, 4) is 0 Å². The van der Waals surface area contributed by atoms with E-state index < -0.39 is 0 Å². The number of carbonyl (C=O) groups excluding carboxylic acids is 1. The van der Waals surface area contributed by atoms with Crippen LogP contribution in [0.3, 0.4) is 0 Å². The van der Waals surface area contributed by atoms with Crippen LogP contribution in [0.2, 0.25) is 0 Å². The molecule has 0 aliphatic carbocycles. The molecule has 2 nitrogen and oxygen atoms in total. The van der Waals surface area contributed by atoms with Gasteiger partial charge < -0.3 is 4.42 Å². The second-order valence-electron chi connectivity index (χ2n) is 4.59. The standard InChI is InChI=1S/C16H10Br2O2/c1-9-3-2-4-10-7-14(20-16(9)10)15(19)11-5-12(17)8-13(18)6-11/h2-8H,1H3. The van der Waals surface area contributed by atoms with Crippen molar-refractivity contribution < 1.29 is 9.21 Å². The van der Waals surface area contributed by atoms with Gasteiger partial charge in [0.05, 0.1) is 0 Å². The SMILES string of the molecule is Cc1cccc2cc(C(=O)c3cc(Br)cc(Br)c3)oc12. The number of furan rings is 1. The molecule has 4 heteroatoms. The van der Waals surface area contributed by atoms with Crippen LogP contribution in [0.4, 0.5) is 0 Å². The molecule has 0 unspecified atom stereocenters.